The Morgan fingerprint density at radius 1 is 1.23 bits per heavy atom. The van der Waals surface area contributed by atoms with Crippen LogP contribution in [-0.4, -0.2) is 52.5 Å². The van der Waals surface area contributed by atoms with Crippen LogP contribution in [0.1, 0.15) is 29.7 Å². The quantitative estimate of drug-likeness (QED) is 0.824. The maximum Gasteiger partial charge on any atom is 0.243 e. The molecule has 0 atom stereocenters. The molecule has 7 nitrogen and oxygen atoms in total. The van der Waals surface area contributed by atoms with Gasteiger partial charge in [0.2, 0.25) is 10.0 Å². The van der Waals surface area contributed by atoms with Gasteiger partial charge in [-0.05, 0) is 49.8 Å². The van der Waals surface area contributed by atoms with Gasteiger partial charge in [0.05, 0.1) is 10.6 Å². The van der Waals surface area contributed by atoms with Crippen molar-refractivity contribution in [3.8, 4) is 0 Å². The molecule has 0 radical (unpaired) electrons. The summed E-state index contributed by atoms with van der Waals surface area (Å²) in [5, 5.41) is 17.1. The number of aliphatic hydroxyl groups is 1. The van der Waals surface area contributed by atoms with E-state index in [-0.39, 0.29) is 6.61 Å². The van der Waals surface area contributed by atoms with Crippen LogP contribution < -0.4 is 0 Å². The predicted octanol–water partition coefficient (Wildman–Crippen LogP) is 1.53. The van der Waals surface area contributed by atoms with E-state index in [1.165, 1.54) is 0 Å². The Hall–Kier alpha value is -1.77. The van der Waals surface area contributed by atoms with E-state index in [1.807, 2.05) is 32.2 Å². The molecule has 2 aromatic rings. The predicted molar refractivity (Wildman–Crippen MR) is 98.2 cm³/mol. The van der Waals surface area contributed by atoms with Crippen molar-refractivity contribution < 1.29 is 13.5 Å². The summed E-state index contributed by atoms with van der Waals surface area (Å²) in [6.07, 6.45) is 3.97. The van der Waals surface area contributed by atoms with Crippen LogP contribution in [0.4, 0.5) is 0 Å². The van der Waals surface area contributed by atoms with E-state index < -0.39 is 10.0 Å². The van der Waals surface area contributed by atoms with Gasteiger partial charge in [-0.2, -0.15) is 4.31 Å². The number of sulfonamides is 1. The molecule has 0 bridgehead atoms. The molecule has 1 aliphatic heterocycles. The summed E-state index contributed by atoms with van der Waals surface area (Å²) in [5.41, 5.74) is 2.52. The lowest BCUT2D eigenvalue weighted by Crippen LogP contribution is -2.39. The third-order valence-corrected chi connectivity index (χ3v) is 6.97. The number of benzene rings is 1. The van der Waals surface area contributed by atoms with Crippen LogP contribution in [-0.2, 0) is 23.0 Å². The first-order valence-corrected chi connectivity index (χ1v) is 10.4. The monoisotopic (exact) mass is 378 g/mol. The normalized spacial score (nSPS) is 16.9. The van der Waals surface area contributed by atoms with Gasteiger partial charge < -0.3 is 5.11 Å². The highest BCUT2D eigenvalue weighted by atomic mass is 32.2. The fourth-order valence-corrected chi connectivity index (χ4v) is 5.16. The first kappa shape index (κ1) is 19.0. The molecule has 1 N–H and O–H groups in total. The Morgan fingerprint density at radius 3 is 2.65 bits per heavy atom. The lowest BCUT2D eigenvalue weighted by atomic mass is 9.98. The van der Waals surface area contributed by atoms with Crippen molar-refractivity contribution in [1.82, 2.24) is 19.3 Å². The van der Waals surface area contributed by atoms with Gasteiger partial charge in [0, 0.05) is 38.9 Å². The zero-order valence-corrected chi connectivity index (χ0v) is 16.1. The summed E-state index contributed by atoms with van der Waals surface area (Å²) in [6, 6.07) is 5.56. The van der Waals surface area contributed by atoms with Crippen LogP contribution >= 0.6 is 0 Å². The molecule has 26 heavy (non-hydrogen) atoms. The molecule has 0 saturated carbocycles. The number of hydrogen-bond donors (Lipinski definition) is 1. The van der Waals surface area contributed by atoms with Crippen LogP contribution in [0.5, 0.6) is 0 Å². The highest BCUT2D eigenvalue weighted by Crippen LogP contribution is 2.27. The highest BCUT2D eigenvalue weighted by molar-refractivity contribution is 7.89. The van der Waals surface area contributed by atoms with Crippen molar-refractivity contribution in [1.29, 1.82) is 0 Å². The number of rotatable bonds is 6. The summed E-state index contributed by atoms with van der Waals surface area (Å²) in [7, 11) is -3.44. The fourth-order valence-electron chi connectivity index (χ4n) is 3.38. The molecule has 142 valence electrons. The van der Waals surface area contributed by atoms with E-state index in [0.717, 1.165) is 36.2 Å². The standard InChI is InChI=1S/C18H26N4O3S/c1-14-3-4-15(2)18(11-14)26(24,25)22-8-5-16(6-9-22)12-21-13-17(7-10-23)19-20-21/h3-4,11,13,16,23H,5-10,12H2,1-2H3. The molecule has 1 aliphatic rings. The largest absolute Gasteiger partial charge is 0.396 e. The van der Waals surface area contributed by atoms with Gasteiger partial charge in [0.1, 0.15) is 0 Å². The topological polar surface area (TPSA) is 88.3 Å². The Morgan fingerprint density at radius 2 is 1.96 bits per heavy atom. The van der Waals surface area contributed by atoms with Gasteiger partial charge in [-0.15, -0.1) is 5.10 Å². The maximum absolute atomic E-state index is 13.0. The van der Waals surface area contributed by atoms with E-state index in [0.29, 0.717) is 30.3 Å². The first-order valence-electron chi connectivity index (χ1n) is 8.97. The fraction of sp³-hybridized carbons (Fsp3) is 0.556. The zero-order chi connectivity index (χ0) is 18.7. The minimum atomic E-state index is -3.44. The Kier molecular flexibility index (Phi) is 5.74. The van der Waals surface area contributed by atoms with Crippen LogP contribution in [0, 0.1) is 19.8 Å². The second-order valence-electron chi connectivity index (χ2n) is 7.02. The summed E-state index contributed by atoms with van der Waals surface area (Å²) < 4.78 is 29.3. The van der Waals surface area contributed by atoms with E-state index in [9.17, 15) is 8.42 Å². The third kappa shape index (κ3) is 4.13. The average molecular weight is 378 g/mol. The molecule has 1 fully saturated rings. The molecular formula is C18H26N4O3S. The van der Waals surface area contributed by atoms with Crippen molar-refractivity contribution in [2.45, 2.75) is 44.6 Å². The van der Waals surface area contributed by atoms with Gasteiger partial charge in [-0.3, -0.25) is 4.68 Å². The van der Waals surface area contributed by atoms with E-state index in [2.05, 4.69) is 10.3 Å². The highest BCUT2D eigenvalue weighted by Gasteiger charge is 2.30. The molecule has 0 spiro atoms. The molecule has 0 unspecified atom stereocenters. The van der Waals surface area contributed by atoms with Crippen molar-refractivity contribution in [2.24, 2.45) is 5.92 Å². The third-order valence-electron chi connectivity index (χ3n) is 4.93. The minimum absolute atomic E-state index is 0.0628. The number of nitrogens with zero attached hydrogens (tertiary/aromatic N) is 4. The number of aromatic nitrogens is 3. The van der Waals surface area contributed by atoms with Crippen molar-refractivity contribution in [2.75, 3.05) is 19.7 Å². The smallest absolute Gasteiger partial charge is 0.243 e. The van der Waals surface area contributed by atoms with Gasteiger partial charge in [-0.25, -0.2) is 8.42 Å². The van der Waals surface area contributed by atoms with E-state index in [1.54, 1.807) is 15.1 Å². The molecule has 0 aliphatic carbocycles. The van der Waals surface area contributed by atoms with Crippen LogP contribution in [0.2, 0.25) is 0 Å². The second-order valence-corrected chi connectivity index (χ2v) is 8.93. The van der Waals surface area contributed by atoms with Gasteiger partial charge in [-0.1, -0.05) is 17.3 Å². The van der Waals surface area contributed by atoms with Crippen molar-refractivity contribution in [3.05, 3.63) is 41.2 Å². The lowest BCUT2D eigenvalue weighted by molar-refractivity contribution is 0.246. The van der Waals surface area contributed by atoms with Gasteiger partial charge >= 0.3 is 0 Å². The lowest BCUT2D eigenvalue weighted by Gasteiger charge is -2.31. The van der Waals surface area contributed by atoms with E-state index in [4.69, 9.17) is 5.11 Å². The molecular weight excluding hydrogens is 352 g/mol. The Bertz CT molecular complexity index is 855. The minimum Gasteiger partial charge on any atom is -0.396 e. The van der Waals surface area contributed by atoms with Crippen LogP contribution in [0.3, 0.4) is 0 Å². The van der Waals surface area contributed by atoms with Crippen molar-refractivity contribution >= 4 is 10.0 Å². The average Bonchev–Trinajstić information content (AvgIpc) is 3.05. The molecule has 1 aromatic heterocycles. The molecule has 2 heterocycles. The molecule has 3 rings (SSSR count). The summed E-state index contributed by atoms with van der Waals surface area (Å²) >= 11 is 0. The zero-order valence-electron chi connectivity index (χ0n) is 15.3. The molecule has 1 aromatic carbocycles. The second kappa shape index (κ2) is 7.85. The Balaban J connectivity index is 1.63. The SMILES string of the molecule is Cc1ccc(C)c(S(=O)(=O)N2CCC(Cn3cc(CCO)nn3)CC2)c1. The van der Waals surface area contributed by atoms with Crippen molar-refractivity contribution in [3.63, 3.8) is 0 Å². The number of aliphatic hydroxyl groups excluding tert-OH is 1. The van der Waals surface area contributed by atoms with Gasteiger partial charge in [0.25, 0.3) is 0 Å². The van der Waals surface area contributed by atoms with Crippen LogP contribution in [0.25, 0.3) is 0 Å². The number of aryl methyl sites for hydroxylation is 2. The number of piperidine rings is 1. The number of hydrogen-bond acceptors (Lipinski definition) is 5. The van der Waals surface area contributed by atoms with E-state index >= 15 is 0 Å². The maximum atomic E-state index is 13.0. The Labute approximate surface area is 154 Å². The summed E-state index contributed by atoms with van der Waals surface area (Å²) in [6.45, 7) is 5.60. The summed E-state index contributed by atoms with van der Waals surface area (Å²) in [4.78, 5) is 0.417. The molecule has 0 amide bonds. The first-order chi connectivity index (χ1) is 12.4. The van der Waals surface area contributed by atoms with Gasteiger partial charge in [0.15, 0.2) is 0 Å². The molecule has 1 saturated heterocycles. The summed E-state index contributed by atoms with van der Waals surface area (Å²) in [5.74, 6) is 0.378. The molecule has 8 heteroatoms. The van der Waals surface area contributed by atoms with Crippen LogP contribution in [0.15, 0.2) is 29.3 Å².